The van der Waals surface area contributed by atoms with Crippen LogP contribution in [-0.4, -0.2) is 12.5 Å². The second-order valence-corrected chi connectivity index (χ2v) is 8.19. The zero-order valence-corrected chi connectivity index (χ0v) is 18.6. The van der Waals surface area contributed by atoms with Crippen LogP contribution in [0.15, 0.2) is 75.3 Å². The lowest BCUT2D eigenvalue weighted by atomic mass is 9.89. The lowest BCUT2D eigenvalue weighted by molar-refractivity contribution is 0.631. The summed E-state index contributed by atoms with van der Waals surface area (Å²) >= 11 is 9.53. The Labute approximate surface area is 177 Å². The smallest absolute Gasteiger partial charge is 0.0666 e. The van der Waals surface area contributed by atoms with Crippen molar-refractivity contribution in [2.45, 2.75) is 25.7 Å². The second-order valence-electron chi connectivity index (χ2n) is 6.43. The van der Waals surface area contributed by atoms with Crippen molar-refractivity contribution >= 4 is 48.7 Å². The van der Waals surface area contributed by atoms with Gasteiger partial charge in [0.2, 0.25) is 0 Å². The molecular formula is C22H23BrClN2P. The molecule has 0 saturated heterocycles. The summed E-state index contributed by atoms with van der Waals surface area (Å²) in [5.41, 5.74) is 5.97. The molecule has 0 radical (unpaired) electrons. The van der Waals surface area contributed by atoms with Crippen molar-refractivity contribution in [3.63, 3.8) is 0 Å². The Morgan fingerprint density at radius 2 is 1.81 bits per heavy atom. The van der Waals surface area contributed by atoms with E-state index >= 15 is 0 Å². The van der Waals surface area contributed by atoms with Crippen molar-refractivity contribution in [1.82, 2.24) is 5.32 Å². The molecular weight excluding hydrogens is 439 g/mol. The quantitative estimate of drug-likeness (QED) is 0.355. The fourth-order valence-electron chi connectivity index (χ4n) is 2.88. The van der Waals surface area contributed by atoms with E-state index in [9.17, 15) is 0 Å². The van der Waals surface area contributed by atoms with Crippen LogP contribution in [-0.2, 0) is 0 Å². The summed E-state index contributed by atoms with van der Waals surface area (Å²) in [6, 6.07) is 16.0. The summed E-state index contributed by atoms with van der Waals surface area (Å²) in [4.78, 5) is 4.78. The van der Waals surface area contributed by atoms with Gasteiger partial charge in [0.25, 0.3) is 0 Å². The lowest BCUT2D eigenvalue weighted by Crippen LogP contribution is -2.16. The van der Waals surface area contributed by atoms with Crippen LogP contribution in [0.25, 0.3) is 5.70 Å². The van der Waals surface area contributed by atoms with Gasteiger partial charge in [-0.3, -0.25) is 4.99 Å². The van der Waals surface area contributed by atoms with Gasteiger partial charge in [-0.05, 0) is 54.7 Å². The summed E-state index contributed by atoms with van der Waals surface area (Å²) < 4.78 is 1.06. The fourth-order valence-corrected chi connectivity index (χ4v) is 3.51. The lowest BCUT2D eigenvalue weighted by Gasteiger charge is -2.22. The maximum absolute atomic E-state index is 6.06. The molecule has 1 unspecified atom stereocenters. The summed E-state index contributed by atoms with van der Waals surface area (Å²) in [5.74, 6) is 0. The van der Waals surface area contributed by atoms with Crippen LogP contribution in [0.5, 0.6) is 0 Å². The number of nitrogens with one attached hydrogen (secondary N) is 1. The molecule has 0 aromatic heterocycles. The standard InChI is InChI=1S/C22H23BrClN2P/c23-19-8-4-16(5-9-19)14-25-21(18-6-10-20(24)11-7-18)12-13-22(26-15-27)17-2-1-3-17/h4-12,14,26H,1-3,13,15,27H2/b21-12-,25-14+. The summed E-state index contributed by atoms with van der Waals surface area (Å²) in [6.45, 7) is 0. The summed E-state index contributed by atoms with van der Waals surface area (Å²) in [6.07, 6.45) is 9.55. The number of hydrogen-bond donors (Lipinski definition) is 1. The molecule has 0 heterocycles. The first-order valence-corrected chi connectivity index (χ1v) is 11.0. The summed E-state index contributed by atoms with van der Waals surface area (Å²) in [7, 11) is 2.74. The predicted octanol–water partition coefficient (Wildman–Crippen LogP) is 6.81. The minimum atomic E-state index is 0.733. The van der Waals surface area contributed by atoms with Crippen molar-refractivity contribution in [3.8, 4) is 0 Å². The van der Waals surface area contributed by atoms with Gasteiger partial charge in [-0.25, -0.2) is 0 Å². The molecule has 3 rings (SSSR count). The van der Waals surface area contributed by atoms with E-state index in [0.717, 1.165) is 39.0 Å². The number of aliphatic imine (C=N–C) groups is 1. The second kappa shape index (κ2) is 10.2. The molecule has 1 aliphatic carbocycles. The van der Waals surface area contributed by atoms with Crippen LogP contribution in [0.3, 0.4) is 0 Å². The zero-order valence-electron chi connectivity index (χ0n) is 15.1. The summed E-state index contributed by atoms with van der Waals surface area (Å²) in [5, 5.41) is 4.23. The van der Waals surface area contributed by atoms with Crippen molar-refractivity contribution in [1.29, 1.82) is 0 Å². The molecule has 1 atom stereocenters. The van der Waals surface area contributed by atoms with E-state index < -0.39 is 0 Å². The number of rotatable bonds is 7. The first-order chi connectivity index (χ1) is 13.2. The Morgan fingerprint density at radius 1 is 1.11 bits per heavy atom. The van der Waals surface area contributed by atoms with Crippen LogP contribution in [0.4, 0.5) is 0 Å². The molecule has 0 bridgehead atoms. The van der Waals surface area contributed by atoms with E-state index in [-0.39, 0.29) is 0 Å². The molecule has 0 amide bonds. The Morgan fingerprint density at radius 3 is 2.41 bits per heavy atom. The van der Waals surface area contributed by atoms with Gasteiger partial charge in [0.1, 0.15) is 0 Å². The number of benzene rings is 2. The van der Waals surface area contributed by atoms with Crippen LogP contribution < -0.4 is 5.32 Å². The van der Waals surface area contributed by atoms with E-state index in [4.69, 9.17) is 16.6 Å². The first-order valence-electron chi connectivity index (χ1n) is 9.06. The van der Waals surface area contributed by atoms with Crippen molar-refractivity contribution in [2.24, 2.45) is 4.99 Å². The highest BCUT2D eigenvalue weighted by atomic mass is 79.9. The molecule has 1 N–H and O–H groups in total. The van der Waals surface area contributed by atoms with Gasteiger partial charge < -0.3 is 5.32 Å². The number of nitrogens with zero attached hydrogens (tertiary/aromatic N) is 1. The normalized spacial score (nSPS) is 14.3. The number of hydrogen-bond acceptors (Lipinski definition) is 2. The minimum absolute atomic E-state index is 0.733. The maximum Gasteiger partial charge on any atom is 0.0666 e. The highest BCUT2D eigenvalue weighted by Gasteiger charge is 2.13. The Kier molecular flexibility index (Phi) is 7.70. The number of allylic oxidation sites excluding steroid dienone is 2. The van der Waals surface area contributed by atoms with Crippen LogP contribution in [0.2, 0.25) is 5.02 Å². The molecule has 5 heteroatoms. The van der Waals surface area contributed by atoms with Crippen molar-refractivity contribution in [3.05, 3.63) is 86.5 Å². The van der Waals surface area contributed by atoms with Gasteiger partial charge in [-0.2, -0.15) is 0 Å². The topological polar surface area (TPSA) is 24.4 Å². The Balaban J connectivity index is 1.86. The van der Waals surface area contributed by atoms with Crippen molar-refractivity contribution in [2.75, 3.05) is 6.29 Å². The van der Waals surface area contributed by atoms with Gasteiger partial charge in [0.15, 0.2) is 0 Å². The molecule has 27 heavy (non-hydrogen) atoms. The first kappa shape index (κ1) is 20.3. The van der Waals surface area contributed by atoms with Gasteiger partial charge >= 0.3 is 0 Å². The molecule has 0 aliphatic heterocycles. The third kappa shape index (κ3) is 6.04. The molecule has 140 valence electrons. The Bertz CT molecular complexity index is 849. The average molecular weight is 462 g/mol. The van der Waals surface area contributed by atoms with E-state index in [1.165, 1.54) is 25.0 Å². The van der Waals surface area contributed by atoms with E-state index in [2.05, 4.69) is 36.6 Å². The van der Waals surface area contributed by atoms with Gasteiger partial charge in [0, 0.05) is 34.1 Å². The molecule has 2 nitrogen and oxygen atoms in total. The maximum atomic E-state index is 6.06. The SMILES string of the molecule is PCNC(C/C=C(\N=C\c1ccc(Br)cc1)c1ccc(Cl)cc1)=C1CCC1. The molecule has 1 aliphatic rings. The molecule has 1 saturated carbocycles. The zero-order chi connectivity index (χ0) is 19.1. The van der Waals surface area contributed by atoms with E-state index in [1.807, 2.05) is 54.7 Å². The molecule has 2 aromatic carbocycles. The monoisotopic (exact) mass is 460 g/mol. The van der Waals surface area contributed by atoms with Crippen molar-refractivity contribution < 1.29 is 0 Å². The molecule has 2 aromatic rings. The number of halogens is 2. The third-order valence-electron chi connectivity index (χ3n) is 4.56. The van der Waals surface area contributed by atoms with Crippen LogP contribution >= 0.6 is 36.8 Å². The fraction of sp³-hybridized carbons (Fsp3) is 0.227. The van der Waals surface area contributed by atoms with Gasteiger partial charge in [0.05, 0.1) is 5.70 Å². The average Bonchev–Trinajstić information content (AvgIpc) is 2.63. The van der Waals surface area contributed by atoms with E-state index in [1.54, 1.807) is 5.57 Å². The molecule has 1 fully saturated rings. The van der Waals surface area contributed by atoms with Crippen LogP contribution in [0.1, 0.15) is 36.8 Å². The highest BCUT2D eigenvalue weighted by Crippen LogP contribution is 2.30. The van der Waals surface area contributed by atoms with Gasteiger partial charge in [-0.15, -0.1) is 9.24 Å². The Hall–Kier alpha value is -1.41. The highest BCUT2D eigenvalue weighted by molar-refractivity contribution is 9.10. The van der Waals surface area contributed by atoms with E-state index in [0.29, 0.717) is 0 Å². The predicted molar refractivity (Wildman–Crippen MR) is 124 cm³/mol. The molecule has 0 spiro atoms. The van der Waals surface area contributed by atoms with Crippen LogP contribution in [0, 0.1) is 0 Å². The van der Waals surface area contributed by atoms with Gasteiger partial charge in [-0.1, -0.05) is 63.4 Å². The third-order valence-corrected chi connectivity index (χ3v) is 5.55. The largest absolute Gasteiger partial charge is 0.385 e. The minimum Gasteiger partial charge on any atom is -0.385 e.